The summed E-state index contributed by atoms with van der Waals surface area (Å²) in [6.45, 7) is 1.07. The lowest BCUT2D eigenvalue weighted by Crippen LogP contribution is -2.19. The van der Waals surface area contributed by atoms with Gasteiger partial charge in [-0.05, 0) is 24.3 Å². The number of aromatic nitrogens is 1. The summed E-state index contributed by atoms with van der Waals surface area (Å²) >= 11 is 3.48. The van der Waals surface area contributed by atoms with Gasteiger partial charge in [-0.25, -0.2) is 4.98 Å². The maximum atomic E-state index is 4.66. The Labute approximate surface area is 103 Å². The maximum absolute atomic E-state index is 4.66. The van der Waals surface area contributed by atoms with Crippen molar-refractivity contribution in [3.05, 3.63) is 27.9 Å². The summed E-state index contributed by atoms with van der Waals surface area (Å²) in [5.41, 5.74) is 2.48. The van der Waals surface area contributed by atoms with Crippen LogP contribution in [0, 0.1) is 0 Å². The van der Waals surface area contributed by atoms with Crippen LogP contribution in [-0.2, 0) is 6.42 Å². The molecule has 1 aliphatic carbocycles. The van der Waals surface area contributed by atoms with Crippen molar-refractivity contribution in [3.8, 4) is 10.6 Å². The Morgan fingerprint density at radius 2 is 2.31 bits per heavy atom. The fourth-order valence-electron chi connectivity index (χ4n) is 1.63. The van der Waals surface area contributed by atoms with Crippen molar-refractivity contribution in [2.45, 2.75) is 25.3 Å². The Kier molecular flexibility index (Phi) is 3.04. The van der Waals surface area contributed by atoms with Gasteiger partial charge in [0.2, 0.25) is 0 Å². The number of rotatable bonds is 5. The van der Waals surface area contributed by atoms with Crippen molar-refractivity contribution in [2.75, 3.05) is 6.54 Å². The minimum absolute atomic E-state index is 0.801. The third-order valence-electron chi connectivity index (χ3n) is 2.71. The van der Waals surface area contributed by atoms with Gasteiger partial charge in [-0.1, -0.05) is 0 Å². The van der Waals surface area contributed by atoms with Gasteiger partial charge >= 0.3 is 0 Å². The molecule has 0 bridgehead atoms. The molecule has 84 valence electrons. The van der Waals surface area contributed by atoms with Crippen LogP contribution in [0.4, 0.5) is 0 Å². The lowest BCUT2D eigenvalue weighted by molar-refractivity contribution is 0.677. The lowest BCUT2D eigenvalue weighted by Gasteiger charge is -1.98. The van der Waals surface area contributed by atoms with Crippen LogP contribution in [0.25, 0.3) is 10.6 Å². The van der Waals surface area contributed by atoms with E-state index >= 15 is 0 Å². The van der Waals surface area contributed by atoms with Crippen LogP contribution in [0.2, 0.25) is 0 Å². The van der Waals surface area contributed by atoms with Gasteiger partial charge in [0.25, 0.3) is 0 Å². The first kappa shape index (κ1) is 10.4. The molecule has 1 saturated carbocycles. The fourth-order valence-corrected chi connectivity index (χ4v) is 3.20. The van der Waals surface area contributed by atoms with Gasteiger partial charge in [0, 0.05) is 35.3 Å². The van der Waals surface area contributed by atoms with Crippen LogP contribution < -0.4 is 5.32 Å². The average Bonchev–Trinajstić information content (AvgIpc) is 2.83. The summed E-state index contributed by atoms with van der Waals surface area (Å²) in [5.74, 6) is 0. The Balaban J connectivity index is 1.59. The predicted molar refractivity (Wildman–Crippen MR) is 70.2 cm³/mol. The smallest absolute Gasteiger partial charge is 0.124 e. The largest absolute Gasteiger partial charge is 0.314 e. The first-order valence-corrected chi connectivity index (χ1v) is 7.44. The topological polar surface area (TPSA) is 24.9 Å². The van der Waals surface area contributed by atoms with E-state index in [2.05, 4.69) is 32.5 Å². The second kappa shape index (κ2) is 4.65. The van der Waals surface area contributed by atoms with E-state index in [9.17, 15) is 0 Å². The number of hydrogen-bond donors (Lipinski definition) is 1. The zero-order valence-corrected chi connectivity index (χ0v) is 10.6. The fraction of sp³-hybridized carbons (Fsp3) is 0.417. The van der Waals surface area contributed by atoms with E-state index in [0.717, 1.165) is 24.0 Å². The van der Waals surface area contributed by atoms with Gasteiger partial charge in [0.1, 0.15) is 5.01 Å². The van der Waals surface area contributed by atoms with Gasteiger partial charge in [-0.15, -0.1) is 11.3 Å². The normalized spacial score (nSPS) is 15.5. The SMILES string of the molecule is c1cc(-c2nc(CCNC3CC3)cs2)cs1. The predicted octanol–water partition coefficient (Wildman–Crippen LogP) is 3.17. The second-order valence-electron chi connectivity index (χ2n) is 4.13. The Morgan fingerprint density at radius 3 is 3.06 bits per heavy atom. The van der Waals surface area contributed by atoms with Crippen molar-refractivity contribution in [3.63, 3.8) is 0 Å². The monoisotopic (exact) mass is 250 g/mol. The molecule has 2 heterocycles. The molecule has 0 radical (unpaired) electrons. The number of nitrogens with zero attached hydrogens (tertiary/aromatic N) is 1. The molecule has 0 amide bonds. The molecule has 2 nitrogen and oxygen atoms in total. The van der Waals surface area contributed by atoms with Crippen LogP contribution in [0.5, 0.6) is 0 Å². The molecule has 4 heteroatoms. The lowest BCUT2D eigenvalue weighted by atomic mass is 10.3. The van der Waals surface area contributed by atoms with E-state index < -0.39 is 0 Å². The zero-order valence-electron chi connectivity index (χ0n) is 8.98. The molecule has 16 heavy (non-hydrogen) atoms. The van der Waals surface area contributed by atoms with Gasteiger partial charge < -0.3 is 5.32 Å². The van der Waals surface area contributed by atoms with E-state index in [0.29, 0.717) is 0 Å². The highest BCUT2D eigenvalue weighted by Gasteiger charge is 2.19. The summed E-state index contributed by atoms with van der Waals surface area (Å²) in [7, 11) is 0. The van der Waals surface area contributed by atoms with Crippen molar-refractivity contribution in [2.24, 2.45) is 0 Å². The van der Waals surface area contributed by atoms with E-state index in [-0.39, 0.29) is 0 Å². The first-order chi connectivity index (χ1) is 7.92. The third kappa shape index (κ3) is 2.51. The highest BCUT2D eigenvalue weighted by atomic mass is 32.1. The standard InChI is InChI=1S/C12H14N2S2/c1-2-10(1)13-5-3-11-8-16-12(14-11)9-4-6-15-7-9/h4,6-8,10,13H,1-3,5H2. The van der Waals surface area contributed by atoms with E-state index in [1.165, 1.54) is 24.1 Å². The summed E-state index contributed by atoms with van der Waals surface area (Å²) in [4.78, 5) is 4.66. The molecule has 0 atom stereocenters. The quantitative estimate of drug-likeness (QED) is 0.881. The molecule has 0 saturated heterocycles. The molecule has 1 fully saturated rings. The van der Waals surface area contributed by atoms with E-state index in [1.54, 1.807) is 22.7 Å². The second-order valence-corrected chi connectivity index (χ2v) is 5.77. The maximum Gasteiger partial charge on any atom is 0.124 e. The molecule has 1 N–H and O–H groups in total. The average molecular weight is 250 g/mol. The highest BCUT2D eigenvalue weighted by Crippen LogP contribution is 2.25. The molecular formula is C12H14N2S2. The first-order valence-electron chi connectivity index (χ1n) is 5.62. The molecule has 0 aliphatic heterocycles. The number of hydrogen-bond acceptors (Lipinski definition) is 4. The number of thiazole rings is 1. The van der Waals surface area contributed by atoms with Crippen LogP contribution in [0.3, 0.4) is 0 Å². The molecule has 3 rings (SSSR count). The van der Waals surface area contributed by atoms with Crippen LogP contribution in [0.1, 0.15) is 18.5 Å². The number of thiophene rings is 1. The van der Waals surface area contributed by atoms with Crippen molar-refractivity contribution in [1.82, 2.24) is 10.3 Å². The Bertz CT molecular complexity index is 443. The Morgan fingerprint density at radius 1 is 1.38 bits per heavy atom. The molecule has 2 aromatic rings. The Hall–Kier alpha value is -0.710. The summed E-state index contributed by atoms with van der Waals surface area (Å²) < 4.78 is 0. The van der Waals surface area contributed by atoms with E-state index in [1.807, 2.05) is 0 Å². The molecule has 1 aliphatic rings. The highest BCUT2D eigenvalue weighted by molar-refractivity contribution is 7.14. The van der Waals surface area contributed by atoms with Crippen molar-refractivity contribution < 1.29 is 0 Å². The number of nitrogens with one attached hydrogen (secondary N) is 1. The zero-order chi connectivity index (χ0) is 10.8. The third-order valence-corrected chi connectivity index (χ3v) is 4.33. The minimum Gasteiger partial charge on any atom is -0.314 e. The summed E-state index contributed by atoms with van der Waals surface area (Å²) in [5, 5.41) is 11.1. The van der Waals surface area contributed by atoms with Gasteiger partial charge in [-0.3, -0.25) is 0 Å². The molecule has 0 spiro atoms. The summed E-state index contributed by atoms with van der Waals surface area (Å²) in [6, 6.07) is 2.94. The van der Waals surface area contributed by atoms with Crippen LogP contribution in [0.15, 0.2) is 22.2 Å². The van der Waals surface area contributed by atoms with Crippen LogP contribution in [-0.4, -0.2) is 17.6 Å². The minimum atomic E-state index is 0.801. The van der Waals surface area contributed by atoms with Gasteiger partial charge in [0.15, 0.2) is 0 Å². The molecule has 0 unspecified atom stereocenters. The van der Waals surface area contributed by atoms with Crippen molar-refractivity contribution in [1.29, 1.82) is 0 Å². The van der Waals surface area contributed by atoms with Gasteiger partial charge in [0.05, 0.1) is 5.69 Å². The molecule has 2 aromatic heterocycles. The molecular weight excluding hydrogens is 236 g/mol. The molecule has 0 aromatic carbocycles. The van der Waals surface area contributed by atoms with Gasteiger partial charge in [-0.2, -0.15) is 11.3 Å². The van der Waals surface area contributed by atoms with E-state index in [4.69, 9.17) is 0 Å². The van der Waals surface area contributed by atoms with Crippen LogP contribution >= 0.6 is 22.7 Å². The van der Waals surface area contributed by atoms with Crippen molar-refractivity contribution >= 4 is 22.7 Å². The summed E-state index contributed by atoms with van der Waals surface area (Å²) in [6.07, 6.45) is 3.77.